The maximum absolute atomic E-state index is 12.8. The molecule has 3 N–H and O–H groups in total. The molecule has 0 aromatic heterocycles. The largest absolute Gasteiger partial charge is 0.472 e. The van der Waals surface area contributed by atoms with Crippen molar-refractivity contribution < 1.29 is 32.9 Å². The van der Waals surface area contributed by atoms with Crippen molar-refractivity contribution in [1.29, 1.82) is 0 Å². The van der Waals surface area contributed by atoms with Crippen LogP contribution in [0.1, 0.15) is 174 Å². The Kier molecular flexibility index (Phi) is 30.7. The topological polar surface area (TPSA) is 105 Å². The van der Waals surface area contributed by atoms with Gasteiger partial charge in [0, 0.05) is 6.42 Å². The zero-order valence-electron chi connectivity index (χ0n) is 31.5. The Morgan fingerprint density at radius 1 is 0.702 bits per heavy atom. The molecule has 0 heterocycles. The minimum absolute atomic E-state index is 0.0639. The van der Waals surface area contributed by atoms with E-state index in [4.69, 9.17) is 9.05 Å². The van der Waals surface area contributed by atoms with Crippen molar-refractivity contribution in [2.75, 3.05) is 40.9 Å². The van der Waals surface area contributed by atoms with E-state index in [0.29, 0.717) is 17.4 Å². The fourth-order valence-electron chi connectivity index (χ4n) is 5.57. The number of carbonyl (C=O) groups is 1. The van der Waals surface area contributed by atoms with Gasteiger partial charge in [0.1, 0.15) is 13.2 Å². The van der Waals surface area contributed by atoms with Gasteiger partial charge in [-0.15, -0.1) is 0 Å². The second-order valence-electron chi connectivity index (χ2n) is 14.7. The van der Waals surface area contributed by atoms with Crippen LogP contribution in [0, 0.1) is 0 Å². The third kappa shape index (κ3) is 33.5. The summed E-state index contributed by atoms with van der Waals surface area (Å²) in [5.74, 6) is -0.179. The number of phosphoric acid groups is 1. The van der Waals surface area contributed by atoms with Crippen LogP contribution in [0.15, 0.2) is 12.2 Å². The van der Waals surface area contributed by atoms with Crippen LogP contribution in [0.25, 0.3) is 0 Å². The fourth-order valence-corrected chi connectivity index (χ4v) is 6.31. The van der Waals surface area contributed by atoms with Gasteiger partial charge in [0.15, 0.2) is 0 Å². The average Bonchev–Trinajstić information content (AvgIpc) is 3.01. The third-order valence-electron chi connectivity index (χ3n) is 8.76. The van der Waals surface area contributed by atoms with Crippen molar-refractivity contribution in [3.63, 3.8) is 0 Å². The minimum atomic E-state index is -4.32. The molecule has 0 rings (SSSR count). The van der Waals surface area contributed by atoms with Crippen molar-refractivity contribution in [2.45, 2.75) is 187 Å². The van der Waals surface area contributed by atoms with Crippen molar-refractivity contribution in [3.05, 3.63) is 12.2 Å². The van der Waals surface area contributed by atoms with E-state index < -0.39 is 20.0 Å². The van der Waals surface area contributed by atoms with E-state index in [1.54, 1.807) is 6.08 Å². The first kappa shape index (κ1) is 46.2. The number of nitrogens with zero attached hydrogens (tertiary/aromatic N) is 1. The maximum atomic E-state index is 12.8. The van der Waals surface area contributed by atoms with Crippen LogP contribution in [-0.4, -0.2) is 73.4 Å². The van der Waals surface area contributed by atoms with E-state index in [-0.39, 0.29) is 19.1 Å². The molecule has 0 aliphatic heterocycles. The molecule has 0 aromatic rings. The Balaban J connectivity index is 4.40. The molecule has 1 unspecified atom stereocenters. The van der Waals surface area contributed by atoms with Gasteiger partial charge >= 0.3 is 7.82 Å². The number of hydrogen-bond acceptors (Lipinski definition) is 5. The highest BCUT2D eigenvalue weighted by atomic mass is 31.2. The summed E-state index contributed by atoms with van der Waals surface area (Å²) in [5.41, 5.74) is 0. The number of rotatable bonds is 35. The molecular weight excluding hydrogens is 611 g/mol. The lowest BCUT2D eigenvalue weighted by Gasteiger charge is -2.25. The van der Waals surface area contributed by atoms with E-state index >= 15 is 0 Å². The fraction of sp³-hybridized carbons (Fsp3) is 0.921. The summed E-state index contributed by atoms with van der Waals surface area (Å²) < 4.78 is 23.4. The molecule has 8 nitrogen and oxygen atoms in total. The van der Waals surface area contributed by atoms with Gasteiger partial charge in [0.2, 0.25) is 5.91 Å². The molecular formula is C38H78N2O6P+. The summed E-state index contributed by atoms with van der Waals surface area (Å²) in [7, 11) is 1.58. The molecule has 47 heavy (non-hydrogen) atoms. The van der Waals surface area contributed by atoms with E-state index in [2.05, 4.69) is 19.2 Å². The van der Waals surface area contributed by atoms with Crippen LogP contribution in [0.4, 0.5) is 0 Å². The van der Waals surface area contributed by atoms with Crippen LogP contribution < -0.4 is 5.32 Å². The molecule has 3 atom stereocenters. The molecule has 0 bridgehead atoms. The first-order valence-corrected chi connectivity index (χ1v) is 21.1. The number of hydrogen-bond donors (Lipinski definition) is 3. The third-order valence-corrected chi connectivity index (χ3v) is 9.74. The molecule has 0 aliphatic rings. The predicted octanol–water partition coefficient (Wildman–Crippen LogP) is 10.0. The smallest absolute Gasteiger partial charge is 0.387 e. The second-order valence-corrected chi connectivity index (χ2v) is 16.1. The van der Waals surface area contributed by atoms with Crippen LogP contribution in [-0.2, 0) is 18.4 Å². The number of allylic oxidation sites excluding steroid dienone is 1. The van der Waals surface area contributed by atoms with E-state index in [1.165, 1.54) is 116 Å². The highest BCUT2D eigenvalue weighted by Gasteiger charge is 2.27. The molecule has 0 spiro atoms. The maximum Gasteiger partial charge on any atom is 0.472 e. The lowest BCUT2D eigenvalue weighted by molar-refractivity contribution is -0.870. The van der Waals surface area contributed by atoms with Gasteiger partial charge in [0.05, 0.1) is 39.9 Å². The number of likely N-dealkylation sites (N-methyl/N-ethyl adjacent to an activating group) is 1. The highest BCUT2D eigenvalue weighted by molar-refractivity contribution is 7.47. The summed E-state index contributed by atoms with van der Waals surface area (Å²) >= 11 is 0. The van der Waals surface area contributed by atoms with E-state index in [0.717, 1.165) is 38.5 Å². The zero-order chi connectivity index (χ0) is 35.1. The summed E-state index contributed by atoms with van der Waals surface area (Å²) in [6, 6.07) is -0.837. The molecule has 0 saturated carbocycles. The average molecular weight is 690 g/mol. The van der Waals surface area contributed by atoms with Crippen molar-refractivity contribution in [1.82, 2.24) is 5.32 Å². The number of carbonyl (C=O) groups excluding carboxylic acids is 1. The quantitative estimate of drug-likeness (QED) is 0.0265. The Morgan fingerprint density at radius 2 is 1.13 bits per heavy atom. The molecule has 0 saturated heterocycles. The van der Waals surface area contributed by atoms with E-state index in [1.807, 2.05) is 27.2 Å². The number of quaternary nitrogens is 1. The van der Waals surface area contributed by atoms with Gasteiger partial charge in [-0.3, -0.25) is 13.8 Å². The Morgan fingerprint density at radius 3 is 1.57 bits per heavy atom. The summed E-state index contributed by atoms with van der Waals surface area (Å²) in [5, 5.41) is 13.7. The summed E-state index contributed by atoms with van der Waals surface area (Å²) in [6.07, 6.45) is 32.7. The molecule has 280 valence electrons. The lowest BCUT2D eigenvalue weighted by atomic mass is 10.0. The standard InChI is InChI=1S/C38H77N2O6P/c1-6-8-10-12-14-16-17-18-19-20-21-22-24-26-28-30-32-38(42)39-36(35-46-47(43,44)45-34-33-40(3,4)5)37(41)31-29-27-25-23-15-13-11-9-7-2/h29,31,36-37,41H,6-28,30,32-35H2,1-5H3,(H-,39,42,43,44)/p+1/b31-29+/t36-,37+/m0/s1. The number of phosphoric ester groups is 1. The number of aliphatic hydroxyl groups excluding tert-OH is 1. The van der Waals surface area contributed by atoms with Crippen LogP contribution >= 0.6 is 7.82 Å². The number of nitrogens with one attached hydrogen (secondary N) is 1. The minimum Gasteiger partial charge on any atom is -0.387 e. The summed E-state index contributed by atoms with van der Waals surface area (Å²) in [4.78, 5) is 22.9. The predicted molar refractivity (Wildman–Crippen MR) is 198 cm³/mol. The number of unbranched alkanes of at least 4 members (excludes halogenated alkanes) is 22. The molecule has 0 aliphatic carbocycles. The second kappa shape index (κ2) is 31.2. The SMILES string of the molecule is CCCCCCCCC/C=C/[C@@H](O)[C@H](COP(=O)(O)OCC[N+](C)(C)C)NC(=O)CCCCCCCCCCCCCCCCCC. The molecule has 9 heteroatoms. The van der Waals surface area contributed by atoms with Crippen LogP contribution in [0.5, 0.6) is 0 Å². The van der Waals surface area contributed by atoms with Crippen molar-refractivity contribution in [2.24, 2.45) is 0 Å². The Labute approximate surface area is 291 Å². The van der Waals surface area contributed by atoms with E-state index in [9.17, 15) is 19.4 Å². The molecule has 0 fully saturated rings. The Hall–Kier alpha value is -0.760. The zero-order valence-corrected chi connectivity index (χ0v) is 32.4. The lowest BCUT2D eigenvalue weighted by Crippen LogP contribution is -2.45. The Bertz CT molecular complexity index is 789. The monoisotopic (exact) mass is 690 g/mol. The van der Waals surface area contributed by atoms with Gasteiger partial charge in [-0.05, 0) is 19.3 Å². The number of amides is 1. The number of aliphatic hydroxyl groups is 1. The van der Waals surface area contributed by atoms with Gasteiger partial charge < -0.3 is 19.8 Å². The van der Waals surface area contributed by atoms with Gasteiger partial charge in [-0.25, -0.2) is 4.57 Å². The first-order valence-electron chi connectivity index (χ1n) is 19.6. The van der Waals surface area contributed by atoms with Crippen LogP contribution in [0.2, 0.25) is 0 Å². The van der Waals surface area contributed by atoms with Crippen molar-refractivity contribution in [3.8, 4) is 0 Å². The summed E-state index contributed by atoms with van der Waals surface area (Å²) in [6.45, 7) is 4.78. The van der Waals surface area contributed by atoms with Gasteiger partial charge in [0.25, 0.3) is 0 Å². The van der Waals surface area contributed by atoms with Gasteiger partial charge in [-0.2, -0.15) is 0 Å². The first-order chi connectivity index (χ1) is 22.5. The normalized spacial score (nSPS) is 14.8. The molecule has 1 amide bonds. The molecule has 0 aromatic carbocycles. The van der Waals surface area contributed by atoms with Crippen molar-refractivity contribution >= 4 is 13.7 Å². The molecule has 0 radical (unpaired) electrons. The highest BCUT2D eigenvalue weighted by Crippen LogP contribution is 2.43. The van der Waals surface area contributed by atoms with Gasteiger partial charge in [-0.1, -0.05) is 161 Å². The van der Waals surface area contributed by atoms with Crippen LogP contribution in [0.3, 0.4) is 0 Å².